The van der Waals surface area contributed by atoms with Gasteiger partial charge in [0, 0.05) is 18.9 Å². The smallest absolute Gasteiger partial charge is 0.233 e. The van der Waals surface area contributed by atoms with Crippen LogP contribution in [0.1, 0.15) is 6.92 Å². The topological polar surface area (TPSA) is 36.3 Å². The van der Waals surface area contributed by atoms with Gasteiger partial charge in [-0.3, -0.25) is 0 Å². The van der Waals surface area contributed by atoms with Crippen molar-refractivity contribution in [2.75, 3.05) is 19.8 Å². The molecule has 0 atom stereocenters. The summed E-state index contributed by atoms with van der Waals surface area (Å²) >= 11 is 11.8. The molecule has 0 radical (unpaired) electrons. The highest BCUT2D eigenvalue weighted by atomic mass is 35.5. The molecule has 6 heteroatoms. The van der Waals surface area contributed by atoms with E-state index in [9.17, 15) is 0 Å². The molecule has 2 rings (SSSR count). The van der Waals surface area contributed by atoms with Gasteiger partial charge < -0.3 is 9.47 Å². The van der Waals surface area contributed by atoms with E-state index in [4.69, 9.17) is 32.7 Å². The molecule has 0 aliphatic carbocycles. The molecule has 0 saturated heterocycles. The van der Waals surface area contributed by atoms with Crippen LogP contribution in [0, 0.1) is 0 Å². The van der Waals surface area contributed by atoms with Crippen molar-refractivity contribution in [1.82, 2.24) is 9.78 Å². The third-order valence-electron chi connectivity index (χ3n) is 2.41. The zero-order valence-electron chi connectivity index (χ0n) is 10.5. The number of nitrogens with zero attached hydrogens (tertiary/aromatic N) is 2. The third kappa shape index (κ3) is 3.86. The van der Waals surface area contributed by atoms with Crippen molar-refractivity contribution < 1.29 is 9.47 Å². The first-order valence-electron chi connectivity index (χ1n) is 5.92. The van der Waals surface area contributed by atoms with Crippen LogP contribution in [-0.2, 0) is 4.74 Å². The van der Waals surface area contributed by atoms with Crippen molar-refractivity contribution in [2.24, 2.45) is 0 Å². The molecule has 4 nitrogen and oxygen atoms in total. The van der Waals surface area contributed by atoms with Gasteiger partial charge in [0.1, 0.15) is 6.61 Å². The molecule has 0 saturated carbocycles. The molecule has 19 heavy (non-hydrogen) atoms. The molecule has 0 bridgehead atoms. The molecule has 0 unspecified atom stereocenters. The summed E-state index contributed by atoms with van der Waals surface area (Å²) in [4.78, 5) is 0. The highest BCUT2D eigenvalue weighted by molar-refractivity contribution is 6.42. The molecular weight excluding hydrogens is 287 g/mol. The second-order valence-electron chi connectivity index (χ2n) is 3.74. The number of hydrogen-bond donors (Lipinski definition) is 0. The Hall–Kier alpha value is -1.23. The van der Waals surface area contributed by atoms with Gasteiger partial charge >= 0.3 is 0 Å². The molecule has 0 fully saturated rings. The predicted molar refractivity (Wildman–Crippen MR) is 75.6 cm³/mol. The van der Waals surface area contributed by atoms with Crippen molar-refractivity contribution in [3.8, 4) is 11.6 Å². The normalized spacial score (nSPS) is 10.7. The number of hydrogen-bond acceptors (Lipinski definition) is 3. The average molecular weight is 301 g/mol. The van der Waals surface area contributed by atoms with E-state index >= 15 is 0 Å². The molecule has 0 amide bonds. The second-order valence-corrected chi connectivity index (χ2v) is 4.56. The lowest BCUT2D eigenvalue weighted by Gasteiger charge is -2.04. The lowest BCUT2D eigenvalue weighted by Crippen LogP contribution is -2.07. The van der Waals surface area contributed by atoms with Crippen molar-refractivity contribution >= 4 is 23.2 Å². The molecule has 1 aromatic carbocycles. The monoisotopic (exact) mass is 300 g/mol. The molecule has 0 aliphatic heterocycles. The Labute approximate surface area is 121 Å². The van der Waals surface area contributed by atoms with Gasteiger partial charge in [-0.1, -0.05) is 23.2 Å². The quantitative estimate of drug-likeness (QED) is 0.765. The summed E-state index contributed by atoms with van der Waals surface area (Å²) < 4.78 is 12.3. The first-order chi connectivity index (χ1) is 9.20. The van der Waals surface area contributed by atoms with Crippen LogP contribution in [0.25, 0.3) is 5.69 Å². The fourth-order valence-corrected chi connectivity index (χ4v) is 1.80. The number of aromatic nitrogens is 2. The Balaban J connectivity index is 2.01. The molecule has 0 N–H and O–H groups in total. The van der Waals surface area contributed by atoms with E-state index in [1.165, 1.54) is 0 Å². The minimum atomic E-state index is 0.478. The highest BCUT2D eigenvalue weighted by Gasteiger charge is 2.04. The largest absolute Gasteiger partial charge is 0.474 e. The Morgan fingerprint density at radius 3 is 2.74 bits per heavy atom. The molecule has 102 valence electrons. The van der Waals surface area contributed by atoms with Gasteiger partial charge in [-0.15, -0.1) is 5.10 Å². The van der Waals surface area contributed by atoms with Gasteiger partial charge in [0.05, 0.1) is 22.3 Å². The van der Waals surface area contributed by atoms with E-state index in [2.05, 4.69) is 5.10 Å². The maximum absolute atomic E-state index is 5.97. The summed E-state index contributed by atoms with van der Waals surface area (Å²) in [5.74, 6) is 0.547. The summed E-state index contributed by atoms with van der Waals surface area (Å²) in [5.41, 5.74) is 0.828. The lowest BCUT2D eigenvalue weighted by atomic mass is 10.3. The highest BCUT2D eigenvalue weighted by Crippen LogP contribution is 2.24. The van der Waals surface area contributed by atoms with Crippen molar-refractivity contribution in [3.63, 3.8) is 0 Å². The minimum absolute atomic E-state index is 0.478. The van der Waals surface area contributed by atoms with E-state index in [0.29, 0.717) is 35.7 Å². The van der Waals surface area contributed by atoms with E-state index < -0.39 is 0 Å². The van der Waals surface area contributed by atoms with E-state index in [0.717, 1.165) is 5.69 Å². The number of benzene rings is 1. The maximum atomic E-state index is 5.97. The van der Waals surface area contributed by atoms with Gasteiger partial charge in [0.15, 0.2) is 0 Å². The SMILES string of the molecule is CCOCCOc1ccn(-c2ccc(Cl)c(Cl)c2)n1. The molecule has 1 aromatic heterocycles. The zero-order valence-corrected chi connectivity index (χ0v) is 12.0. The first-order valence-corrected chi connectivity index (χ1v) is 6.68. The van der Waals surface area contributed by atoms with E-state index in [1.54, 1.807) is 29.1 Å². The predicted octanol–water partition coefficient (Wildman–Crippen LogP) is 3.59. The minimum Gasteiger partial charge on any atom is -0.474 e. The van der Waals surface area contributed by atoms with Crippen LogP contribution in [0.5, 0.6) is 5.88 Å². The number of ether oxygens (including phenoxy) is 2. The van der Waals surface area contributed by atoms with Gasteiger partial charge in [-0.2, -0.15) is 0 Å². The fourth-order valence-electron chi connectivity index (χ4n) is 1.51. The molecule has 0 spiro atoms. The van der Waals surface area contributed by atoms with Gasteiger partial charge in [0.25, 0.3) is 0 Å². The van der Waals surface area contributed by atoms with Gasteiger partial charge in [0.2, 0.25) is 5.88 Å². The van der Waals surface area contributed by atoms with Crippen LogP contribution in [-0.4, -0.2) is 29.6 Å². The lowest BCUT2D eigenvalue weighted by molar-refractivity contribution is 0.108. The molecule has 1 heterocycles. The van der Waals surface area contributed by atoms with Crippen LogP contribution < -0.4 is 4.74 Å². The summed E-state index contributed by atoms with van der Waals surface area (Å²) in [6.45, 7) is 3.66. The Bertz CT molecular complexity index is 543. The maximum Gasteiger partial charge on any atom is 0.233 e. The van der Waals surface area contributed by atoms with Crippen LogP contribution in [0.3, 0.4) is 0 Å². The summed E-state index contributed by atoms with van der Waals surface area (Å²) in [6, 6.07) is 7.11. The fraction of sp³-hybridized carbons (Fsp3) is 0.308. The summed E-state index contributed by atoms with van der Waals surface area (Å²) in [6.07, 6.45) is 1.80. The molecular formula is C13H14Cl2N2O2. The first kappa shape index (κ1) is 14.2. The van der Waals surface area contributed by atoms with Crippen molar-refractivity contribution in [2.45, 2.75) is 6.92 Å². The van der Waals surface area contributed by atoms with Gasteiger partial charge in [-0.05, 0) is 25.1 Å². The van der Waals surface area contributed by atoms with E-state index in [1.807, 2.05) is 13.0 Å². The van der Waals surface area contributed by atoms with E-state index in [-0.39, 0.29) is 0 Å². The van der Waals surface area contributed by atoms with Crippen molar-refractivity contribution in [3.05, 3.63) is 40.5 Å². The average Bonchev–Trinajstić information content (AvgIpc) is 2.87. The Kier molecular flexibility index (Phi) is 5.07. The van der Waals surface area contributed by atoms with Crippen molar-refractivity contribution in [1.29, 1.82) is 0 Å². The Morgan fingerprint density at radius 1 is 1.16 bits per heavy atom. The van der Waals surface area contributed by atoms with Crippen LogP contribution in [0.4, 0.5) is 0 Å². The van der Waals surface area contributed by atoms with Crippen LogP contribution in [0.2, 0.25) is 10.0 Å². The summed E-state index contributed by atoms with van der Waals surface area (Å²) in [7, 11) is 0. The van der Waals surface area contributed by atoms with Crippen LogP contribution >= 0.6 is 23.2 Å². The Morgan fingerprint density at radius 2 is 2.00 bits per heavy atom. The third-order valence-corrected chi connectivity index (χ3v) is 3.15. The zero-order chi connectivity index (χ0) is 13.7. The molecule has 2 aromatic rings. The molecule has 0 aliphatic rings. The number of rotatable bonds is 6. The standard InChI is InChI=1S/C13H14Cl2N2O2/c1-2-18-7-8-19-13-5-6-17(16-13)10-3-4-11(14)12(15)9-10/h3-6,9H,2,7-8H2,1H3. The second kappa shape index (κ2) is 6.80. The number of halogens is 2. The van der Waals surface area contributed by atoms with Crippen LogP contribution in [0.15, 0.2) is 30.5 Å². The summed E-state index contributed by atoms with van der Waals surface area (Å²) in [5, 5.41) is 5.30. The van der Waals surface area contributed by atoms with Gasteiger partial charge in [-0.25, -0.2) is 4.68 Å².